The van der Waals surface area contributed by atoms with E-state index in [1.807, 2.05) is 24.3 Å². The second-order valence-electron chi connectivity index (χ2n) is 5.29. The number of H-pyrrole nitrogens is 1. The van der Waals surface area contributed by atoms with Crippen molar-refractivity contribution in [3.63, 3.8) is 0 Å². The first-order chi connectivity index (χ1) is 12.5. The molecule has 130 valence electrons. The van der Waals surface area contributed by atoms with E-state index in [2.05, 4.69) is 15.1 Å². The van der Waals surface area contributed by atoms with Crippen LogP contribution < -0.4 is 10.3 Å². The molecule has 26 heavy (non-hydrogen) atoms. The van der Waals surface area contributed by atoms with Crippen LogP contribution in [0.1, 0.15) is 0 Å². The maximum atomic E-state index is 12.6. The lowest BCUT2D eigenvalue weighted by Gasteiger charge is -2.09. The first-order valence-electron chi connectivity index (χ1n) is 7.39. The number of rotatable bonds is 3. The number of halogens is 3. The minimum atomic E-state index is -0.582. The van der Waals surface area contributed by atoms with Crippen LogP contribution in [-0.4, -0.2) is 19.7 Å². The average Bonchev–Trinajstić information content (AvgIpc) is 3.06. The van der Waals surface area contributed by atoms with Crippen LogP contribution in [0.4, 0.5) is 0 Å². The van der Waals surface area contributed by atoms with E-state index in [-0.39, 0.29) is 22.5 Å². The third-order valence-corrected chi connectivity index (χ3v) is 4.47. The van der Waals surface area contributed by atoms with Crippen molar-refractivity contribution in [3.05, 3.63) is 74.1 Å². The van der Waals surface area contributed by atoms with E-state index < -0.39 is 5.56 Å². The van der Waals surface area contributed by atoms with E-state index in [0.29, 0.717) is 15.6 Å². The fraction of sp³-hybridized carbons (Fsp3) is 0. The van der Waals surface area contributed by atoms with Crippen molar-refractivity contribution < 1.29 is 4.74 Å². The van der Waals surface area contributed by atoms with Crippen molar-refractivity contribution in [2.45, 2.75) is 0 Å². The molecule has 1 N–H and O–H groups in total. The number of para-hydroxylation sites is 2. The van der Waals surface area contributed by atoms with Gasteiger partial charge in [-0.2, -0.15) is 9.78 Å². The molecule has 0 atom stereocenters. The van der Waals surface area contributed by atoms with E-state index in [1.54, 1.807) is 12.1 Å². The number of benzene rings is 2. The van der Waals surface area contributed by atoms with Gasteiger partial charge in [-0.3, -0.25) is 4.79 Å². The fourth-order valence-electron chi connectivity index (χ4n) is 2.35. The number of hydrogen-bond donors (Lipinski definition) is 1. The number of nitrogens with zero attached hydrogens (tertiary/aromatic N) is 3. The van der Waals surface area contributed by atoms with Gasteiger partial charge in [-0.1, -0.05) is 46.9 Å². The molecule has 0 bridgehead atoms. The maximum Gasteiger partial charge on any atom is 0.296 e. The van der Waals surface area contributed by atoms with Crippen LogP contribution in [-0.2, 0) is 0 Å². The Hall–Kier alpha value is -2.54. The van der Waals surface area contributed by atoms with Crippen molar-refractivity contribution in [3.8, 4) is 17.4 Å². The van der Waals surface area contributed by atoms with Crippen LogP contribution in [0.25, 0.3) is 17.0 Å². The topological polar surface area (TPSA) is 72.8 Å². The van der Waals surface area contributed by atoms with Gasteiger partial charge in [0.25, 0.3) is 5.56 Å². The molecule has 4 rings (SSSR count). The van der Waals surface area contributed by atoms with Crippen LogP contribution in [0, 0.1) is 0 Å². The number of nitrogens with one attached hydrogen (secondary N) is 1. The second-order valence-corrected chi connectivity index (χ2v) is 6.52. The summed E-state index contributed by atoms with van der Waals surface area (Å²) in [7, 11) is 0. The highest BCUT2D eigenvalue weighted by molar-refractivity contribution is 6.34. The van der Waals surface area contributed by atoms with Gasteiger partial charge < -0.3 is 9.72 Å². The molecule has 0 aliphatic rings. The predicted molar refractivity (Wildman–Crippen MR) is 101 cm³/mol. The number of aromatic nitrogens is 4. The van der Waals surface area contributed by atoms with Gasteiger partial charge in [-0.25, -0.2) is 4.98 Å². The van der Waals surface area contributed by atoms with E-state index in [1.165, 1.54) is 12.3 Å². The lowest BCUT2D eigenvalue weighted by Crippen LogP contribution is -2.22. The summed E-state index contributed by atoms with van der Waals surface area (Å²) >= 11 is 18.2. The Labute approximate surface area is 161 Å². The quantitative estimate of drug-likeness (QED) is 0.526. The second kappa shape index (κ2) is 6.64. The lowest BCUT2D eigenvalue weighted by molar-refractivity contribution is 0.475. The number of imidazole rings is 1. The summed E-state index contributed by atoms with van der Waals surface area (Å²) in [6, 6.07) is 12.1. The molecule has 6 nitrogen and oxygen atoms in total. The Balaban J connectivity index is 1.75. The third kappa shape index (κ3) is 3.03. The van der Waals surface area contributed by atoms with Gasteiger partial charge in [0, 0.05) is 11.1 Å². The lowest BCUT2D eigenvalue weighted by atomic mass is 10.3. The highest BCUT2D eigenvalue weighted by Gasteiger charge is 2.16. The molecule has 0 aliphatic heterocycles. The van der Waals surface area contributed by atoms with Gasteiger partial charge in [0.1, 0.15) is 5.75 Å². The highest BCUT2D eigenvalue weighted by atomic mass is 35.5. The number of aromatic amines is 1. The Bertz CT molecular complexity index is 1150. The summed E-state index contributed by atoms with van der Waals surface area (Å²) in [5.74, 6) is 0.586. The normalized spacial score (nSPS) is 11.0. The van der Waals surface area contributed by atoms with Gasteiger partial charge in [-0.05, 0) is 24.3 Å². The van der Waals surface area contributed by atoms with Crippen LogP contribution >= 0.6 is 34.8 Å². The Kier molecular flexibility index (Phi) is 4.32. The minimum absolute atomic E-state index is 0.0631. The average molecular weight is 408 g/mol. The van der Waals surface area contributed by atoms with E-state index in [9.17, 15) is 4.79 Å². The number of hydrogen-bond acceptors (Lipinski definition) is 4. The molecule has 4 aromatic rings. The van der Waals surface area contributed by atoms with Gasteiger partial charge in [0.05, 0.1) is 22.3 Å². The molecule has 0 spiro atoms. The minimum Gasteiger partial charge on any atom is -0.452 e. The molecule has 2 aromatic heterocycles. The molecule has 2 aromatic carbocycles. The molecule has 0 saturated heterocycles. The van der Waals surface area contributed by atoms with E-state index >= 15 is 0 Å². The molecule has 0 radical (unpaired) electrons. The van der Waals surface area contributed by atoms with Crippen molar-refractivity contribution in [1.29, 1.82) is 0 Å². The molecule has 2 heterocycles. The first-order valence-corrected chi connectivity index (χ1v) is 8.52. The molecule has 0 aliphatic carbocycles. The van der Waals surface area contributed by atoms with Crippen LogP contribution in [0.3, 0.4) is 0 Å². The van der Waals surface area contributed by atoms with Crippen molar-refractivity contribution in [2.24, 2.45) is 0 Å². The van der Waals surface area contributed by atoms with E-state index in [4.69, 9.17) is 39.5 Å². The van der Waals surface area contributed by atoms with Gasteiger partial charge in [-0.15, -0.1) is 0 Å². The van der Waals surface area contributed by atoms with Crippen molar-refractivity contribution in [1.82, 2.24) is 19.7 Å². The van der Waals surface area contributed by atoms with Crippen LogP contribution in [0.5, 0.6) is 11.5 Å². The van der Waals surface area contributed by atoms with Crippen molar-refractivity contribution in [2.75, 3.05) is 0 Å². The summed E-state index contributed by atoms with van der Waals surface area (Å²) in [5.41, 5.74) is 0.901. The summed E-state index contributed by atoms with van der Waals surface area (Å²) in [6.45, 7) is 0. The third-order valence-electron chi connectivity index (χ3n) is 3.58. The molecule has 0 saturated carbocycles. The van der Waals surface area contributed by atoms with Gasteiger partial charge in [0.2, 0.25) is 5.95 Å². The van der Waals surface area contributed by atoms with Crippen molar-refractivity contribution >= 4 is 45.8 Å². The Morgan fingerprint density at radius 1 is 1.04 bits per heavy atom. The zero-order valence-electron chi connectivity index (χ0n) is 12.9. The highest BCUT2D eigenvalue weighted by Crippen LogP contribution is 2.33. The first kappa shape index (κ1) is 16.9. The maximum absolute atomic E-state index is 12.6. The summed E-state index contributed by atoms with van der Waals surface area (Å²) < 4.78 is 6.66. The SMILES string of the molecule is O=c1c(Cl)c(Oc2cc(Cl)ccc2Cl)cnn1-c1nc2ccccc2[nH]1. The summed E-state index contributed by atoms with van der Waals surface area (Å²) in [4.78, 5) is 19.9. The smallest absolute Gasteiger partial charge is 0.296 e. The molecule has 0 unspecified atom stereocenters. The number of ether oxygens (including phenoxy) is 1. The standard InChI is InChI=1S/C17H9Cl3N4O2/c18-9-5-6-10(19)13(7-9)26-14-8-21-24(16(25)15(14)20)17-22-11-3-1-2-4-12(11)23-17/h1-8H,(H,22,23). The molecule has 0 amide bonds. The zero-order chi connectivity index (χ0) is 18.3. The summed E-state index contributed by atoms with van der Waals surface area (Å²) in [6.07, 6.45) is 1.31. The predicted octanol–water partition coefficient (Wildman–Crippen LogP) is 4.86. The van der Waals surface area contributed by atoms with Crippen LogP contribution in [0.2, 0.25) is 15.1 Å². The molecule has 0 fully saturated rings. The Morgan fingerprint density at radius 2 is 1.85 bits per heavy atom. The summed E-state index contributed by atoms with van der Waals surface area (Å²) in [5, 5.41) is 4.68. The number of fused-ring (bicyclic) bond motifs is 1. The van der Waals surface area contributed by atoms with Gasteiger partial charge >= 0.3 is 0 Å². The van der Waals surface area contributed by atoms with Crippen LogP contribution in [0.15, 0.2) is 53.5 Å². The molecular weight excluding hydrogens is 399 g/mol. The Morgan fingerprint density at radius 3 is 2.65 bits per heavy atom. The molecular formula is C17H9Cl3N4O2. The zero-order valence-corrected chi connectivity index (χ0v) is 15.2. The largest absolute Gasteiger partial charge is 0.452 e. The monoisotopic (exact) mass is 406 g/mol. The fourth-order valence-corrected chi connectivity index (χ4v) is 2.84. The van der Waals surface area contributed by atoms with Gasteiger partial charge in [0.15, 0.2) is 10.8 Å². The van der Waals surface area contributed by atoms with E-state index in [0.717, 1.165) is 10.2 Å². The molecule has 9 heteroatoms.